The molecule has 0 amide bonds. The number of hydrogen-bond donors (Lipinski definition) is 0. The largest absolute Gasteiger partial charge is 0.228 e. The van der Waals surface area contributed by atoms with Crippen molar-refractivity contribution in [1.29, 1.82) is 0 Å². The van der Waals surface area contributed by atoms with Crippen LogP contribution in [0.3, 0.4) is 0 Å². The summed E-state index contributed by atoms with van der Waals surface area (Å²) in [7, 11) is -3.01. The molecule has 0 heterocycles. The van der Waals surface area contributed by atoms with Gasteiger partial charge in [0.15, 0.2) is 9.84 Å². The molecular weight excluding hydrogens is 220 g/mol. The molecule has 0 saturated heterocycles. The highest BCUT2D eigenvalue weighted by Gasteiger charge is 2.10. The maximum absolute atomic E-state index is 11.7. The molecule has 0 spiro atoms. The van der Waals surface area contributed by atoms with Gasteiger partial charge in [0.25, 0.3) is 0 Å². The van der Waals surface area contributed by atoms with Crippen molar-refractivity contribution < 1.29 is 8.42 Å². The smallest absolute Gasteiger partial charge is 0.157 e. The predicted octanol–water partition coefficient (Wildman–Crippen LogP) is 2.79. The molecule has 1 aromatic carbocycles. The van der Waals surface area contributed by atoms with Crippen molar-refractivity contribution in [3.63, 3.8) is 0 Å². The molecule has 16 heavy (non-hydrogen) atoms. The molecule has 0 unspecified atom stereocenters. The van der Waals surface area contributed by atoms with Crippen molar-refractivity contribution in [3.8, 4) is 0 Å². The number of allylic oxidation sites excluding steroid dienone is 1. The van der Waals surface area contributed by atoms with Crippen LogP contribution >= 0.6 is 0 Å². The summed E-state index contributed by atoms with van der Waals surface area (Å²) in [5.41, 5.74) is 3.20. The van der Waals surface area contributed by atoms with Crippen molar-refractivity contribution in [2.75, 3.05) is 5.75 Å². The van der Waals surface area contributed by atoms with Crippen LogP contribution in [0.4, 0.5) is 0 Å². The van der Waals surface area contributed by atoms with E-state index in [0.717, 1.165) is 11.1 Å². The highest BCUT2D eigenvalue weighted by molar-refractivity contribution is 7.90. The first-order chi connectivity index (χ1) is 7.44. The summed E-state index contributed by atoms with van der Waals surface area (Å²) in [6, 6.07) is 5.80. The molecule has 0 N–H and O–H groups in total. The lowest BCUT2D eigenvalue weighted by molar-refractivity contribution is 0.598. The van der Waals surface area contributed by atoms with Crippen LogP contribution in [-0.4, -0.2) is 14.2 Å². The second kappa shape index (κ2) is 5.30. The summed E-state index contributed by atoms with van der Waals surface area (Å²) in [5, 5.41) is 0. The van der Waals surface area contributed by atoms with Crippen molar-refractivity contribution in [3.05, 3.63) is 47.0 Å². The SMILES string of the molecule is CC=CCS(=O)(=O)Cc1ccc(C)c(C)c1. The van der Waals surface area contributed by atoms with Gasteiger partial charge in [0.2, 0.25) is 0 Å². The first-order valence-electron chi connectivity index (χ1n) is 5.32. The lowest BCUT2D eigenvalue weighted by Crippen LogP contribution is -2.07. The summed E-state index contributed by atoms with van der Waals surface area (Å²) in [4.78, 5) is 0. The maximum Gasteiger partial charge on any atom is 0.157 e. The Morgan fingerprint density at radius 2 is 1.88 bits per heavy atom. The summed E-state index contributed by atoms with van der Waals surface area (Å²) in [6.07, 6.45) is 3.44. The van der Waals surface area contributed by atoms with Gasteiger partial charge in [-0.2, -0.15) is 0 Å². The Morgan fingerprint density at radius 1 is 1.19 bits per heavy atom. The average molecular weight is 238 g/mol. The van der Waals surface area contributed by atoms with Crippen molar-refractivity contribution in [1.82, 2.24) is 0 Å². The molecule has 2 nitrogen and oxygen atoms in total. The second-order valence-electron chi connectivity index (χ2n) is 4.04. The van der Waals surface area contributed by atoms with Crippen LogP contribution in [0.5, 0.6) is 0 Å². The van der Waals surface area contributed by atoms with Crippen molar-refractivity contribution in [2.24, 2.45) is 0 Å². The third-order valence-electron chi connectivity index (χ3n) is 2.54. The minimum atomic E-state index is -3.01. The summed E-state index contributed by atoms with van der Waals surface area (Å²) in [6.45, 7) is 5.84. The highest BCUT2D eigenvalue weighted by atomic mass is 32.2. The predicted molar refractivity (Wildman–Crippen MR) is 68.2 cm³/mol. The first kappa shape index (κ1) is 13.0. The van der Waals surface area contributed by atoms with Crippen LogP contribution in [0.25, 0.3) is 0 Å². The Labute approximate surface area is 97.9 Å². The van der Waals surface area contributed by atoms with E-state index in [-0.39, 0.29) is 11.5 Å². The van der Waals surface area contributed by atoms with Gasteiger partial charge < -0.3 is 0 Å². The van der Waals surface area contributed by atoms with E-state index in [1.807, 2.05) is 39.0 Å². The van der Waals surface area contributed by atoms with Gasteiger partial charge in [0.1, 0.15) is 0 Å². The first-order valence-corrected chi connectivity index (χ1v) is 7.14. The van der Waals surface area contributed by atoms with Crippen LogP contribution in [0.1, 0.15) is 23.6 Å². The van der Waals surface area contributed by atoms with Gasteiger partial charge in [-0.3, -0.25) is 0 Å². The minimum Gasteiger partial charge on any atom is -0.228 e. The quantitative estimate of drug-likeness (QED) is 0.756. The highest BCUT2D eigenvalue weighted by Crippen LogP contribution is 2.13. The fourth-order valence-corrected chi connectivity index (χ4v) is 2.74. The molecule has 88 valence electrons. The average Bonchev–Trinajstić information content (AvgIpc) is 2.20. The molecule has 0 radical (unpaired) electrons. The lowest BCUT2D eigenvalue weighted by Gasteiger charge is -2.05. The molecule has 0 aromatic heterocycles. The number of sulfone groups is 1. The number of rotatable bonds is 4. The van der Waals surface area contributed by atoms with E-state index in [1.165, 1.54) is 5.56 Å². The van der Waals surface area contributed by atoms with Gasteiger partial charge in [0, 0.05) is 0 Å². The third kappa shape index (κ3) is 3.81. The lowest BCUT2D eigenvalue weighted by atomic mass is 10.1. The second-order valence-corrected chi connectivity index (χ2v) is 6.15. The van der Waals surface area contributed by atoms with E-state index in [1.54, 1.807) is 12.2 Å². The van der Waals surface area contributed by atoms with Gasteiger partial charge in [-0.1, -0.05) is 30.4 Å². The maximum atomic E-state index is 11.7. The van der Waals surface area contributed by atoms with E-state index >= 15 is 0 Å². The fourth-order valence-electron chi connectivity index (χ4n) is 1.45. The van der Waals surface area contributed by atoms with Crippen LogP contribution in [0, 0.1) is 13.8 Å². The topological polar surface area (TPSA) is 34.1 Å². The molecule has 3 heteroatoms. The Balaban J connectivity index is 2.84. The summed E-state index contributed by atoms with van der Waals surface area (Å²) >= 11 is 0. The van der Waals surface area contributed by atoms with E-state index in [0.29, 0.717) is 0 Å². The van der Waals surface area contributed by atoms with Gasteiger partial charge in [-0.05, 0) is 37.5 Å². The fraction of sp³-hybridized carbons (Fsp3) is 0.385. The molecule has 0 bridgehead atoms. The molecular formula is C13H18O2S. The van der Waals surface area contributed by atoms with Gasteiger partial charge in [0.05, 0.1) is 11.5 Å². The zero-order valence-electron chi connectivity index (χ0n) is 10.0. The number of benzene rings is 1. The van der Waals surface area contributed by atoms with Crippen LogP contribution in [-0.2, 0) is 15.6 Å². The van der Waals surface area contributed by atoms with E-state index in [4.69, 9.17) is 0 Å². The Hall–Kier alpha value is -1.09. The van der Waals surface area contributed by atoms with Crippen molar-refractivity contribution >= 4 is 9.84 Å². The molecule has 0 aliphatic rings. The molecule has 0 aliphatic heterocycles. The Bertz CT molecular complexity index is 485. The van der Waals surface area contributed by atoms with Gasteiger partial charge in [-0.25, -0.2) is 8.42 Å². The number of hydrogen-bond acceptors (Lipinski definition) is 2. The monoisotopic (exact) mass is 238 g/mol. The van der Waals surface area contributed by atoms with E-state index in [9.17, 15) is 8.42 Å². The minimum absolute atomic E-state index is 0.121. The zero-order valence-corrected chi connectivity index (χ0v) is 10.8. The summed E-state index contributed by atoms with van der Waals surface area (Å²) in [5.74, 6) is 0.245. The normalized spacial score (nSPS) is 12.2. The third-order valence-corrected chi connectivity index (χ3v) is 4.02. The molecule has 0 aliphatic carbocycles. The summed E-state index contributed by atoms with van der Waals surface area (Å²) < 4.78 is 23.4. The molecule has 1 aromatic rings. The molecule has 1 rings (SSSR count). The van der Waals surface area contributed by atoms with Crippen LogP contribution in [0.15, 0.2) is 30.4 Å². The van der Waals surface area contributed by atoms with E-state index in [2.05, 4.69) is 0 Å². The number of aryl methyl sites for hydroxylation is 2. The van der Waals surface area contributed by atoms with Gasteiger partial charge in [-0.15, -0.1) is 0 Å². The molecule has 0 saturated carbocycles. The molecule has 0 fully saturated rings. The Kier molecular flexibility index (Phi) is 4.30. The van der Waals surface area contributed by atoms with Crippen LogP contribution < -0.4 is 0 Å². The van der Waals surface area contributed by atoms with E-state index < -0.39 is 9.84 Å². The molecule has 0 atom stereocenters. The zero-order chi connectivity index (χ0) is 12.2. The Morgan fingerprint density at radius 3 is 2.44 bits per heavy atom. The van der Waals surface area contributed by atoms with Crippen molar-refractivity contribution in [2.45, 2.75) is 26.5 Å². The van der Waals surface area contributed by atoms with Crippen LogP contribution in [0.2, 0.25) is 0 Å². The standard InChI is InChI=1S/C13H18O2S/c1-4-5-8-16(14,15)10-13-7-6-11(2)12(3)9-13/h4-7,9H,8,10H2,1-3H3. The van der Waals surface area contributed by atoms with Gasteiger partial charge >= 0.3 is 0 Å².